The summed E-state index contributed by atoms with van der Waals surface area (Å²) in [5.74, 6) is -0.840. The predicted octanol–water partition coefficient (Wildman–Crippen LogP) is 6.54. The number of carbonyl (C=O) groups excluding carboxylic acids is 2. The van der Waals surface area contributed by atoms with Crippen molar-refractivity contribution in [3.8, 4) is 0 Å². The lowest BCUT2D eigenvalue weighted by Gasteiger charge is -2.27. The molecule has 0 bridgehead atoms. The lowest BCUT2D eigenvalue weighted by atomic mass is 9.82. The SMILES string of the molecule is CCOC(=O)C1=NOC(c2ccccc2)(c2ccccc2)C1.CCOC(=O)C1=NOC(c2ccccc2)(c2ccccc2)C1. The van der Waals surface area contributed by atoms with E-state index in [0.29, 0.717) is 37.5 Å². The third-order valence-corrected chi connectivity index (χ3v) is 7.44. The van der Waals surface area contributed by atoms with Crippen LogP contribution in [0, 0.1) is 0 Å². The van der Waals surface area contributed by atoms with E-state index in [1.165, 1.54) is 0 Å². The molecule has 0 saturated heterocycles. The summed E-state index contributed by atoms with van der Waals surface area (Å²) in [5, 5.41) is 8.01. The summed E-state index contributed by atoms with van der Waals surface area (Å²) in [6.07, 6.45) is 0.722. The second-order valence-corrected chi connectivity index (χ2v) is 10.2. The van der Waals surface area contributed by atoms with Gasteiger partial charge in [0.2, 0.25) is 0 Å². The Morgan fingerprint density at radius 1 is 0.545 bits per heavy atom. The van der Waals surface area contributed by atoms with Gasteiger partial charge in [0.15, 0.2) is 22.6 Å². The standard InChI is InChI=1S/2C18H17NO3/c2*1-2-21-17(20)16-13-18(22-19-16,14-9-5-3-6-10-14)15-11-7-4-8-12-15/h2*3-12H,2,13H2,1H3. The van der Waals surface area contributed by atoms with E-state index < -0.39 is 23.1 Å². The molecule has 8 nitrogen and oxygen atoms in total. The third-order valence-electron chi connectivity index (χ3n) is 7.44. The van der Waals surface area contributed by atoms with Crippen LogP contribution in [-0.2, 0) is 39.9 Å². The quantitative estimate of drug-likeness (QED) is 0.216. The van der Waals surface area contributed by atoms with Crippen molar-refractivity contribution in [1.82, 2.24) is 0 Å². The average molecular weight is 591 g/mol. The molecular formula is C36H34N2O6. The summed E-state index contributed by atoms with van der Waals surface area (Å²) in [5.41, 5.74) is 2.93. The lowest BCUT2D eigenvalue weighted by molar-refractivity contribution is -0.136. The normalized spacial score (nSPS) is 15.8. The summed E-state index contributed by atoms with van der Waals surface area (Å²) >= 11 is 0. The van der Waals surface area contributed by atoms with E-state index >= 15 is 0 Å². The summed E-state index contributed by atoms with van der Waals surface area (Å²) in [6, 6.07) is 39.3. The molecular weight excluding hydrogens is 556 g/mol. The highest BCUT2D eigenvalue weighted by molar-refractivity contribution is 6.37. The van der Waals surface area contributed by atoms with Gasteiger partial charge in [-0.05, 0) is 13.8 Å². The topological polar surface area (TPSA) is 95.8 Å². The minimum absolute atomic E-state index is 0.314. The zero-order valence-electron chi connectivity index (χ0n) is 24.7. The fourth-order valence-corrected chi connectivity index (χ4v) is 5.30. The summed E-state index contributed by atoms with van der Waals surface area (Å²) in [6.45, 7) is 4.19. The fraction of sp³-hybridized carbons (Fsp3) is 0.222. The van der Waals surface area contributed by atoms with Crippen LogP contribution in [0.25, 0.3) is 0 Å². The van der Waals surface area contributed by atoms with Gasteiger partial charge in [-0.3, -0.25) is 0 Å². The van der Waals surface area contributed by atoms with E-state index in [9.17, 15) is 9.59 Å². The van der Waals surface area contributed by atoms with Crippen molar-refractivity contribution in [2.75, 3.05) is 13.2 Å². The average Bonchev–Trinajstić information content (AvgIpc) is 3.75. The Balaban J connectivity index is 0.000000175. The van der Waals surface area contributed by atoms with E-state index in [1.807, 2.05) is 121 Å². The third kappa shape index (κ3) is 6.24. The molecule has 0 radical (unpaired) electrons. The number of nitrogens with zero attached hydrogens (tertiary/aromatic N) is 2. The van der Waals surface area contributed by atoms with Crippen LogP contribution in [0.4, 0.5) is 0 Å². The van der Waals surface area contributed by atoms with Crippen LogP contribution in [0.1, 0.15) is 48.9 Å². The Bertz CT molecular complexity index is 1400. The van der Waals surface area contributed by atoms with Gasteiger partial charge in [0.25, 0.3) is 0 Å². The molecule has 8 heteroatoms. The first kappa shape index (κ1) is 30.2. The van der Waals surface area contributed by atoms with Gasteiger partial charge in [0, 0.05) is 22.3 Å². The Morgan fingerprint density at radius 3 is 1.07 bits per heavy atom. The first-order valence-electron chi connectivity index (χ1n) is 14.6. The molecule has 4 aromatic carbocycles. The van der Waals surface area contributed by atoms with Gasteiger partial charge in [-0.1, -0.05) is 132 Å². The van der Waals surface area contributed by atoms with Gasteiger partial charge in [0.1, 0.15) is 0 Å². The van der Waals surface area contributed by atoms with E-state index in [4.69, 9.17) is 19.1 Å². The van der Waals surface area contributed by atoms with E-state index in [0.717, 1.165) is 22.3 Å². The maximum absolute atomic E-state index is 12.0. The molecule has 0 N–H and O–H groups in total. The molecule has 6 rings (SSSR count). The van der Waals surface area contributed by atoms with Crippen molar-refractivity contribution < 1.29 is 28.7 Å². The van der Waals surface area contributed by atoms with Crippen molar-refractivity contribution in [1.29, 1.82) is 0 Å². The van der Waals surface area contributed by atoms with Crippen molar-refractivity contribution in [2.45, 2.75) is 37.9 Å². The molecule has 224 valence electrons. The van der Waals surface area contributed by atoms with E-state index in [1.54, 1.807) is 13.8 Å². The first-order chi connectivity index (χ1) is 21.5. The minimum Gasteiger partial charge on any atom is -0.461 e. The van der Waals surface area contributed by atoms with Crippen molar-refractivity contribution in [2.24, 2.45) is 10.3 Å². The largest absolute Gasteiger partial charge is 0.461 e. The molecule has 0 spiro atoms. The minimum atomic E-state index is -0.773. The molecule has 0 aliphatic carbocycles. The van der Waals surface area contributed by atoms with Crippen LogP contribution in [0.15, 0.2) is 132 Å². The molecule has 2 heterocycles. The summed E-state index contributed by atoms with van der Waals surface area (Å²) in [4.78, 5) is 35.5. The maximum Gasteiger partial charge on any atom is 0.356 e. The number of ether oxygens (including phenoxy) is 2. The van der Waals surface area contributed by atoms with E-state index in [2.05, 4.69) is 10.3 Å². The number of rotatable bonds is 8. The monoisotopic (exact) mass is 590 g/mol. The van der Waals surface area contributed by atoms with Gasteiger partial charge in [-0.2, -0.15) is 0 Å². The van der Waals surface area contributed by atoms with Gasteiger partial charge >= 0.3 is 11.9 Å². The Kier molecular flexibility index (Phi) is 9.49. The van der Waals surface area contributed by atoms with Crippen LogP contribution in [0.3, 0.4) is 0 Å². The number of oxime groups is 2. The van der Waals surface area contributed by atoms with E-state index in [-0.39, 0.29) is 0 Å². The number of carbonyl (C=O) groups is 2. The second kappa shape index (κ2) is 13.8. The summed E-state index contributed by atoms with van der Waals surface area (Å²) in [7, 11) is 0. The van der Waals surface area contributed by atoms with Crippen molar-refractivity contribution >= 4 is 23.4 Å². The number of esters is 2. The van der Waals surface area contributed by atoms with Crippen LogP contribution in [0.2, 0.25) is 0 Å². The predicted molar refractivity (Wildman–Crippen MR) is 167 cm³/mol. The van der Waals surface area contributed by atoms with Gasteiger partial charge in [-0.15, -0.1) is 0 Å². The summed E-state index contributed by atoms with van der Waals surface area (Å²) < 4.78 is 10.1. The number of hydrogen-bond donors (Lipinski definition) is 0. The molecule has 0 atom stereocenters. The Labute approximate surface area is 256 Å². The molecule has 0 aromatic heterocycles. The Morgan fingerprint density at radius 2 is 0.818 bits per heavy atom. The highest BCUT2D eigenvalue weighted by Crippen LogP contribution is 2.42. The highest BCUT2D eigenvalue weighted by atomic mass is 16.7. The zero-order chi connectivity index (χ0) is 30.8. The molecule has 0 unspecified atom stereocenters. The van der Waals surface area contributed by atoms with Gasteiger partial charge in [0.05, 0.1) is 26.1 Å². The van der Waals surface area contributed by atoms with Crippen LogP contribution in [-0.4, -0.2) is 36.6 Å². The molecule has 0 fully saturated rings. The molecule has 4 aromatic rings. The molecule has 2 aliphatic heterocycles. The zero-order valence-corrected chi connectivity index (χ0v) is 24.7. The number of hydrogen-bond acceptors (Lipinski definition) is 8. The smallest absolute Gasteiger partial charge is 0.356 e. The Hall–Kier alpha value is -5.24. The van der Waals surface area contributed by atoms with Gasteiger partial charge < -0.3 is 19.1 Å². The maximum atomic E-state index is 12.0. The van der Waals surface area contributed by atoms with Crippen molar-refractivity contribution in [3.63, 3.8) is 0 Å². The highest BCUT2D eigenvalue weighted by Gasteiger charge is 2.46. The van der Waals surface area contributed by atoms with Gasteiger partial charge in [-0.25, -0.2) is 9.59 Å². The second-order valence-electron chi connectivity index (χ2n) is 10.2. The lowest BCUT2D eigenvalue weighted by Crippen LogP contribution is -2.29. The fourth-order valence-electron chi connectivity index (χ4n) is 5.30. The first-order valence-corrected chi connectivity index (χ1v) is 14.6. The van der Waals surface area contributed by atoms with Crippen LogP contribution < -0.4 is 0 Å². The van der Waals surface area contributed by atoms with Crippen LogP contribution in [0.5, 0.6) is 0 Å². The molecule has 2 aliphatic rings. The van der Waals surface area contributed by atoms with Crippen LogP contribution >= 0.6 is 0 Å². The molecule has 44 heavy (non-hydrogen) atoms. The molecule has 0 amide bonds. The molecule has 0 saturated carbocycles. The van der Waals surface area contributed by atoms with Crippen molar-refractivity contribution in [3.05, 3.63) is 144 Å². The number of benzene rings is 4.